The number of likely N-dealkylation sites (tertiary alicyclic amines) is 1. The Bertz CT molecular complexity index is 743. The number of hydrogen-bond donors (Lipinski definition) is 0. The Balaban J connectivity index is 1.49. The molecule has 0 bridgehead atoms. The SMILES string of the molecule is O=C(c1ccccc1-n1cncn1)N1CCCC[C@H]1CCN1CCOCC1. The van der Waals surface area contributed by atoms with Gasteiger partial charge in [-0.2, -0.15) is 5.10 Å². The van der Waals surface area contributed by atoms with Gasteiger partial charge in [-0.25, -0.2) is 9.67 Å². The van der Waals surface area contributed by atoms with Crippen LogP contribution in [0.1, 0.15) is 36.0 Å². The molecule has 1 aromatic heterocycles. The van der Waals surface area contributed by atoms with E-state index in [1.54, 1.807) is 11.0 Å². The summed E-state index contributed by atoms with van der Waals surface area (Å²) in [6.07, 6.45) is 7.51. The molecule has 2 aliphatic rings. The summed E-state index contributed by atoms with van der Waals surface area (Å²) in [5, 5.41) is 4.21. The maximum atomic E-state index is 13.4. The molecule has 7 nitrogen and oxygen atoms in total. The van der Waals surface area contributed by atoms with Crippen LogP contribution in [0.3, 0.4) is 0 Å². The first-order chi connectivity index (χ1) is 13.3. The third-order valence-corrected chi connectivity index (χ3v) is 5.57. The molecule has 27 heavy (non-hydrogen) atoms. The van der Waals surface area contributed by atoms with Crippen LogP contribution in [0, 0.1) is 0 Å². The van der Waals surface area contributed by atoms with Crippen LogP contribution in [-0.4, -0.2) is 75.9 Å². The number of ether oxygens (including phenoxy) is 1. The smallest absolute Gasteiger partial charge is 0.256 e. The summed E-state index contributed by atoms with van der Waals surface area (Å²) >= 11 is 0. The topological polar surface area (TPSA) is 63.5 Å². The maximum Gasteiger partial charge on any atom is 0.256 e. The third-order valence-electron chi connectivity index (χ3n) is 5.57. The second-order valence-electron chi connectivity index (χ2n) is 7.25. The second-order valence-corrected chi connectivity index (χ2v) is 7.25. The summed E-state index contributed by atoms with van der Waals surface area (Å²) < 4.78 is 7.10. The first-order valence-corrected chi connectivity index (χ1v) is 9.88. The van der Waals surface area contributed by atoms with Crippen LogP contribution >= 0.6 is 0 Å². The number of aromatic nitrogens is 3. The van der Waals surface area contributed by atoms with Crippen LogP contribution in [0.4, 0.5) is 0 Å². The monoisotopic (exact) mass is 369 g/mol. The average molecular weight is 369 g/mol. The van der Waals surface area contributed by atoms with E-state index in [9.17, 15) is 4.79 Å². The van der Waals surface area contributed by atoms with Crippen molar-refractivity contribution in [1.29, 1.82) is 0 Å². The second kappa shape index (κ2) is 8.63. The number of amides is 1. The lowest BCUT2D eigenvalue weighted by molar-refractivity contribution is 0.0295. The Morgan fingerprint density at radius 1 is 1.15 bits per heavy atom. The van der Waals surface area contributed by atoms with E-state index in [4.69, 9.17) is 4.74 Å². The van der Waals surface area contributed by atoms with Crippen LogP contribution in [0.2, 0.25) is 0 Å². The molecule has 1 atom stereocenters. The van der Waals surface area contributed by atoms with E-state index in [-0.39, 0.29) is 5.91 Å². The van der Waals surface area contributed by atoms with Gasteiger partial charge in [-0.05, 0) is 37.8 Å². The predicted molar refractivity (Wildman–Crippen MR) is 102 cm³/mol. The molecular formula is C20H27N5O2. The quantitative estimate of drug-likeness (QED) is 0.806. The van der Waals surface area contributed by atoms with Gasteiger partial charge in [0.2, 0.25) is 0 Å². The first-order valence-electron chi connectivity index (χ1n) is 9.88. The largest absolute Gasteiger partial charge is 0.379 e. The number of morpholine rings is 1. The molecule has 0 N–H and O–H groups in total. The van der Waals surface area contributed by atoms with Crippen molar-refractivity contribution in [2.24, 2.45) is 0 Å². The number of para-hydroxylation sites is 1. The number of benzene rings is 1. The summed E-state index contributed by atoms with van der Waals surface area (Å²) in [7, 11) is 0. The fraction of sp³-hybridized carbons (Fsp3) is 0.550. The summed E-state index contributed by atoms with van der Waals surface area (Å²) in [5.74, 6) is 0.104. The Kier molecular flexibility index (Phi) is 5.79. The van der Waals surface area contributed by atoms with Gasteiger partial charge in [0.05, 0.1) is 24.5 Å². The molecule has 7 heteroatoms. The molecule has 1 aromatic carbocycles. The lowest BCUT2D eigenvalue weighted by Gasteiger charge is -2.38. The third kappa shape index (κ3) is 4.20. The lowest BCUT2D eigenvalue weighted by atomic mass is 9.97. The molecule has 0 unspecified atom stereocenters. The van der Waals surface area contributed by atoms with Gasteiger partial charge in [0, 0.05) is 32.2 Å². The van der Waals surface area contributed by atoms with Gasteiger partial charge in [0.25, 0.3) is 5.91 Å². The zero-order valence-electron chi connectivity index (χ0n) is 15.7. The zero-order valence-corrected chi connectivity index (χ0v) is 15.7. The van der Waals surface area contributed by atoms with Crippen LogP contribution in [0.15, 0.2) is 36.9 Å². The summed E-state index contributed by atoms with van der Waals surface area (Å²) in [5.41, 5.74) is 1.48. The molecule has 4 rings (SSSR count). The molecule has 2 fully saturated rings. The molecule has 0 spiro atoms. The van der Waals surface area contributed by atoms with Gasteiger partial charge >= 0.3 is 0 Å². The minimum Gasteiger partial charge on any atom is -0.379 e. The highest BCUT2D eigenvalue weighted by molar-refractivity contribution is 5.98. The minimum atomic E-state index is 0.104. The number of carbonyl (C=O) groups is 1. The van der Waals surface area contributed by atoms with Crippen molar-refractivity contribution in [2.45, 2.75) is 31.7 Å². The Hall–Kier alpha value is -2.25. The Morgan fingerprint density at radius 2 is 2.00 bits per heavy atom. The fourth-order valence-corrected chi connectivity index (χ4v) is 4.07. The molecule has 0 saturated carbocycles. The van der Waals surface area contributed by atoms with Crippen molar-refractivity contribution in [3.63, 3.8) is 0 Å². The lowest BCUT2D eigenvalue weighted by Crippen LogP contribution is -2.46. The van der Waals surface area contributed by atoms with Crippen molar-refractivity contribution in [2.75, 3.05) is 39.4 Å². The molecule has 0 aliphatic carbocycles. The van der Waals surface area contributed by atoms with Gasteiger partial charge in [-0.3, -0.25) is 9.69 Å². The van der Waals surface area contributed by atoms with Crippen molar-refractivity contribution >= 4 is 5.91 Å². The number of piperidine rings is 1. The predicted octanol–water partition coefficient (Wildman–Crippen LogP) is 1.98. The van der Waals surface area contributed by atoms with Crippen molar-refractivity contribution in [3.8, 4) is 5.69 Å². The van der Waals surface area contributed by atoms with E-state index in [0.717, 1.165) is 64.3 Å². The van der Waals surface area contributed by atoms with E-state index in [1.807, 2.05) is 24.3 Å². The van der Waals surface area contributed by atoms with Crippen LogP contribution in [-0.2, 0) is 4.74 Å². The highest BCUT2D eigenvalue weighted by Gasteiger charge is 2.29. The number of rotatable bonds is 5. The molecular weight excluding hydrogens is 342 g/mol. The maximum absolute atomic E-state index is 13.4. The zero-order chi connectivity index (χ0) is 18.5. The summed E-state index contributed by atoms with van der Waals surface area (Å²) in [6.45, 7) is 5.49. The average Bonchev–Trinajstić information content (AvgIpc) is 3.27. The highest BCUT2D eigenvalue weighted by Crippen LogP contribution is 2.24. The highest BCUT2D eigenvalue weighted by atomic mass is 16.5. The molecule has 2 saturated heterocycles. The Morgan fingerprint density at radius 3 is 2.81 bits per heavy atom. The van der Waals surface area contributed by atoms with E-state index >= 15 is 0 Å². The molecule has 3 heterocycles. The van der Waals surface area contributed by atoms with Crippen molar-refractivity contribution in [3.05, 3.63) is 42.5 Å². The van der Waals surface area contributed by atoms with Crippen LogP contribution < -0.4 is 0 Å². The summed E-state index contributed by atoms with van der Waals surface area (Å²) in [6, 6.07) is 7.97. The Labute approximate surface area is 159 Å². The van der Waals surface area contributed by atoms with Crippen molar-refractivity contribution < 1.29 is 9.53 Å². The van der Waals surface area contributed by atoms with Gasteiger partial charge < -0.3 is 9.64 Å². The van der Waals surface area contributed by atoms with Crippen molar-refractivity contribution in [1.82, 2.24) is 24.6 Å². The van der Waals surface area contributed by atoms with Gasteiger partial charge in [0.1, 0.15) is 12.7 Å². The standard InChI is InChI=1S/C20H27N5O2/c26-20(18-6-1-2-7-19(18)25-16-21-15-22-25)24-9-4-3-5-17(24)8-10-23-11-13-27-14-12-23/h1-2,6-7,15-17H,3-5,8-14H2/t17-/m0/s1. The number of hydrogen-bond acceptors (Lipinski definition) is 5. The van der Waals surface area contributed by atoms with Crippen LogP contribution in [0.5, 0.6) is 0 Å². The van der Waals surface area contributed by atoms with Gasteiger partial charge in [-0.1, -0.05) is 12.1 Å². The fourth-order valence-electron chi connectivity index (χ4n) is 4.07. The molecule has 144 valence electrons. The van der Waals surface area contributed by atoms with E-state index < -0.39 is 0 Å². The normalized spacial score (nSPS) is 21.3. The van der Waals surface area contributed by atoms with E-state index in [1.165, 1.54) is 12.7 Å². The van der Waals surface area contributed by atoms with E-state index in [2.05, 4.69) is 19.9 Å². The molecule has 1 amide bonds. The first kappa shape index (κ1) is 18.1. The number of nitrogens with zero attached hydrogens (tertiary/aromatic N) is 5. The minimum absolute atomic E-state index is 0.104. The molecule has 2 aliphatic heterocycles. The summed E-state index contributed by atoms with van der Waals surface area (Å²) in [4.78, 5) is 22.0. The van der Waals surface area contributed by atoms with E-state index in [0.29, 0.717) is 11.6 Å². The van der Waals surface area contributed by atoms with Crippen LogP contribution in [0.25, 0.3) is 5.69 Å². The van der Waals surface area contributed by atoms with Gasteiger partial charge in [-0.15, -0.1) is 0 Å². The van der Waals surface area contributed by atoms with Gasteiger partial charge in [0.15, 0.2) is 0 Å². The molecule has 0 radical (unpaired) electrons. The molecule has 2 aromatic rings. The number of carbonyl (C=O) groups excluding carboxylic acids is 1.